The third-order valence-electron chi connectivity index (χ3n) is 2.77. The Morgan fingerprint density at radius 3 is 2.44 bits per heavy atom. The van der Waals surface area contributed by atoms with Crippen molar-refractivity contribution in [3.05, 3.63) is 42.3 Å². The first-order valence-electron chi connectivity index (χ1n) is 5.53. The number of hydrogen-bond donors (Lipinski definition) is 0. The van der Waals surface area contributed by atoms with E-state index in [1.165, 1.54) is 10.8 Å². The summed E-state index contributed by atoms with van der Waals surface area (Å²) in [6.07, 6.45) is 0. The fourth-order valence-corrected chi connectivity index (χ4v) is 1.88. The first-order chi connectivity index (χ1) is 7.74. The van der Waals surface area contributed by atoms with Gasteiger partial charge in [-0.15, -0.1) is 0 Å². The van der Waals surface area contributed by atoms with Gasteiger partial charge in [0.1, 0.15) is 5.52 Å². The molecule has 3 aromatic rings. The topological polar surface area (TPSA) is 26.0 Å². The third kappa shape index (κ3) is 1.38. The van der Waals surface area contributed by atoms with Crippen molar-refractivity contribution in [2.75, 3.05) is 0 Å². The minimum Gasteiger partial charge on any atom is -0.440 e. The highest BCUT2D eigenvalue weighted by Gasteiger charge is 2.09. The highest BCUT2D eigenvalue weighted by Crippen LogP contribution is 2.25. The van der Waals surface area contributed by atoms with Crippen LogP contribution in [0.5, 0.6) is 0 Å². The lowest BCUT2D eigenvalue weighted by Gasteiger charge is -1.95. The Labute approximate surface area is 93.9 Å². The maximum atomic E-state index is 5.73. The number of aromatic nitrogens is 1. The Bertz CT molecular complexity index is 599. The molecule has 0 fully saturated rings. The van der Waals surface area contributed by atoms with Crippen LogP contribution in [0.4, 0.5) is 0 Å². The molecule has 0 amide bonds. The van der Waals surface area contributed by atoms with Crippen molar-refractivity contribution < 1.29 is 4.42 Å². The van der Waals surface area contributed by atoms with E-state index in [9.17, 15) is 0 Å². The molecule has 0 N–H and O–H groups in total. The normalized spacial score (nSPS) is 11.7. The van der Waals surface area contributed by atoms with Crippen LogP contribution in [0.15, 0.2) is 40.8 Å². The summed E-state index contributed by atoms with van der Waals surface area (Å²) >= 11 is 0. The molecule has 1 heterocycles. The summed E-state index contributed by atoms with van der Waals surface area (Å²) in [4.78, 5) is 4.50. The van der Waals surface area contributed by atoms with E-state index >= 15 is 0 Å². The van der Waals surface area contributed by atoms with E-state index in [0.717, 1.165) is 17.0 Å². The monoisotopic (exact) mass is 211 g/mol. The van der Waals surface area contributed by atoms with Crippen LogP contribution in [0.25, 0.3) is 21.9 Å². The predicted molar refractivity (Wildman–Crippen MR) is 65.6 cm³/mol. The molecule has 0 aliphatic heterocycles. The Balaban J connectivity index is 2.34. The van der Waals surface area contributed by atoms with Gasteiger partial charge in [-0.05, 0) is 22.9 Å². The molecule has 2 heteroatoms. The quantitative estimate of drug-likeness (QED) is 0.605. The van der Waals surface area contributed by atoms with Gasteiger partial charge in [-0.3, -0.25) is 0 Å². The molecule has 16 heavy (non-hydrogen) atoms. The molecule has 0 saturated heterocycles. The second-order valence-electron chi connectivity index (χ2n) is 4.37. The molecule has 80 valence electrons. The summed E-state index contributed by atoms with van der Waals surface area (Å²) in [7, 11) is 0. The van der Waals surface area contributed by atoms with Crippen LogP contribution in [0.3, 0.4) is 0 Å². The molecular formula is C14H13NO. The number of nitrogens with zero attached hydrogens (tertiary/aromatic N) is 1. The van der Waals surface area contributed by atoms with E-state index in [0.29, 0.717) is 5.92 Å². The molecule has 0 bridgehead atoms. The molecule has 0 aliphatic carbocycles. The van der Waals surface area contributed by atoms with Crippen molar-refractivity contribution in [3.63, 3.8) is 0 Å². The molecule has 3 rings (SSSR count). The molecule has 0 spiro atoms. The molecule has 2 aromatic carbocycles. The number of benzene rings is 2. The lowest BCUT2D eigenvalue weighted by Crippen LogP contribution is -1.84. The van der Waals surface area contributed by atoms with Crippen molar-refractivity contribution in [3.8, 4) is 0 Å². The van der Waals surface area contributed by atoms with E-state index in [1.807, 2.05) is 12.1 Å². The number of fused-ring (bicyclic) bond motifs is 2. The Kier molecular flexibility index (Phi) is 1.96. The smallest absolute Gasteiger partial charge is 0.198 e. The Hall–Kier alpha value is -1.83. The lowest BCUT2D eigenvalue weighted by atomic mass is 10.1. The van der Waals surface area contributed by atoms with Gasteiger partial charge in [0.2, 0.25) is 0 Å². The standard InChI is InChI=1S/C14H13NO/c1-9(2)14-15-12-7-10-5-3-4-6-11(10)8-13(12)16-14/h3-9H,1-2H3. The van der Waals surface area contributed by atoms with Crippen LogP contribution in [0, 0.1) is 0 Å². The molecule has 0 unspecified atom stereocenters. The van der Waals surface area contributed by atoms with E-state index in [4.69, 9.17) is 4.42 Å². The maximum Gasteiger partial charge on any atom is 0.198 e. The fraction of sp³-hybridized carbons (Fsp3) is 0.214. The van der Waals surface area contributed by atoms with Gasteiger partial charge in [0, 0.05) is 5.92 Å². The van der Waals surface area contributed by atoms with Crippen molar-refractivity contribution in [2.24, 2.45) is 0 Å². The van der Waals surface area contributed by atoms with Crippen LogP contribution in [0.2, 0.25) is 0 Å². The Morgan fingerprint density at radius 2 is 1.75 bits per heavy atom. The first kappa shape index (κ1) is 9.40. The first-order valence-corrected chi connectivity index (χ1v) is 5.53. The van der Waals surface area contributed by atoms with Crippen molar-refractivity contribution >= 4 is 21.9 Å². The minimum absolute atomic E-state index is 0.329. The van der Waals surface area contributed by atoms with E-state index in [2.05, 4.69) is 43.1 Å². The highest BCUT2D eigenvalue weighted by molar-refractivity contribution is 5.94. The number of hydrogen-bond acceptors (Lipinski definition) is 2. The molecule has 0 aliphatic rings. The van der Waals surface area contributed by atoms with Gasteiger partial charge in [-0.1, -0.05) is 38.1 Å². The summed E-state index contributed by atoms with van der Waals surface area (Å²) in [5.74, 6) is 1.14. The van der Waals surface area contributed by atoms with Crippen LogP contribution < -0.4 is 0 Å². The predicted octanol–water partition coefficient (Wildman–Crippen LogP) is 4.10. The molecule has 0 saturated carbocycles. The fourth-order valence-electron chi connectivity index (χ4n) is 1.88. The Morgan fingerprint density at radius 1 is 1.06 bits per heavy atom. The minimum atomic E-state index is 0.329. The number of rotatable bonds is 1. The average molecular weight is 211 g/mol. The molecule has 1 aromatic heterocycles. The van der Waals surface area contributed by atoms with Gasteiger partial charge in [-0.2, -0.15) is 0 Å². The van der Waals surface area contributed by atoms with Crippen molar-refractivity contribution in [2.45, 2.75) is 19.8 Å². The third-order valence-corrected chi connectivity index (χ3v) is 2.77. The largest absolute Gasteiger partial charge is 0.440 e. The highest BCUT2D eigenvalue weighted by atomic mass is 16.3. The van der Waals surface area contributed by atoms with Gasteiger partial charge >= 0.3 is 0 Å². The zero-order valence-electron chi connectivity index (χ0n) is 9.40. The summed E-state index contributed by atoms with van der Waals surface area (Å²) in [6.45, 7) is 4.18. The van der Waals surface area contributed by atoms with Crippen molar-refractivity contribution in [1.29, 1.82) is 0 Å². The number of oxazole rings is 1. The molecule has 0 radical (unpaired) electrons. The molecule has 2 nitrogen and oxygen atoms in total. The summed E-state index contributed by atoms with van der Waals surface area (Å²) < 4.78 is 5.73. The SMILES string of the molecule is CC(C)c1nc2cc3ccccc3cc2o1. The van der Waals surface area contributed by atoms with Crippen LogP contribution >= 0.6 is 0 Å². The van der Waals surface area contributed by atoms with Gasteiger partial charge in [-0.25, -0.2) is 4.98 Å². The lowest BCUT2D eigenvalue weighted by molar-refractivity contribution is 0.501. The van der Waals surface area contributed by atoms with Crippen molar-refractivity contribution in [1.82, 2.24) is 4.98 Å². The zero-order chi connectivity index (χ0) is 11.1. The van der Waals surface area contributed by atoms with Gasteiger partial charge in [0.05, 0.1) is 0 Å². The van der Waals surface area contributed by atoms with Gasteiger partial charge in [0.25, 0.3) is 0 Å². The maximum absolute atomic E-state index is 5.73. The molecule has 0 atom stereocenters. The van der Waals surface area contributed by atoms with Gasteiger partial charge < -0.3 is 4.42 Å². The van der Waals surface area contributed by atoms with E-state index < -0.39 is 0 Å². The van der Waals surface area contributed by atoms with Crippen LogP contribution in [-0.4, -0.2) is 4.98 Å². The van der Waals surface area contributed by atoms with Crippen LogP contribution in [0.1, 0.15) is 25.7 Å². The zero-order valence-corrected chi connectivity index (χ0v) is 9.40. The van der Waals surface area contributed by atoms with Crippen LogP contribution in [-0.2, 0) is 0 Å². The molecular weight excluding hydrogens is 198 g/mol. The summed E-state index contributed by atoms with van der Waals surface area (Å²) in [6, 6.07) is 12.4. The second-order valence-corrected chi connectivity index (χ2v) is 4.37. The summed E-state index contributed by atoms with van der Waals surface area (Å²) in [5.41, 5.74) is 1.82. The average Bonchev–Trinajstić information content (AvgIpc) is 2.68. The summed E-state index contributed by atoms with van der Waals surface area (Å²) in [5, 5.41) is 2.40. The van der Waals surface area contributed by atoms with Gasteiger partial charge in [0.15, 0.2) is 11.5 Å². The van der Waals surface area contributed by atoms with E-state index in [-0.39, 0.29) is 0 Å². The van der Waals surface area contributed by atoms with E-state index in [1.54, 1.807) is 0 Å². The second kappa shape index (κ2) is 3.34.